The van der Waals surface area contributed by atoms with Crippen molar-refractivity contribution in [1.29, 1.82) is 0 Å². The second kappa shape index (κ2) is 9.56. The number of nitrogens with one attached hydrogen (secondary N) is 2. The average Bonchev–Trinajstić information content (AvgIpc) is 2.61. The van der Waals surface area contributed by atoms with Crippen molar-refractivity contribution < 1.29 is 14.7 Å². The van der Waals surface area contributed by atoms with Crippen LogP contribution < -0.4 is 10.6 Å². The Morgan fingerprint density at radius 2 is 1.96 bits per heavy atom. The summed E-state index contributed by atoms with van der Waals surface area (Å²) in [5.41, 5.74) is 1.66. The fourth-order valence-corrected chi connectivity index (χ4v) is 3.36. The molecule has 1 aliphatic rings. The molecule has 5 heteroatoms. The third-order valence-electron chi connectivity index (χ3n) is 4.97. The average molecular weight is 346 g/mol. The van der Waals surface area contributed by atoms with E-state index in [4.69, 9.17) is 5.11 Å². The molecular weight excluding hydrogens is 316 g/mol. The van der Waals surface area contributed by atoms with E-state index < -0.39 is 0 Å². The van der Waals surface area contributed by atoms with E-state index in [0.717, 1.165) is 30.5 Å². The molecule has 0 bridgehead atoms. The van der Waals surface area contributed by atoms with Gasteiger partial charge in [-0.05, 0) is 42.9 Å². The smallest absolute Gasteiger partial charge is 0.227 e. The highest BCUT2D eigenvalue weighted by Gasteiger charge is 2.24. The molecule has 0 aromatic heterocycles. The van der Waals surface area contributed by atoms with Gasteiger partial charge in [0, 0.05) is 11.6 Å². The second-order valence-corrected chi connectivity index (χ2v) is 7.19. The van der Waals surface area contributed by atoms with Crippen molar-refractivity contribution in [3.05, 3.63) is 29.8 Å². The summed E-state index contributed by atoms with van der Waals surface area (Å²) >= 11 is 0. The van der Waals surface area contributed by atoms with E-state index in [2.05, 4.69) is 17.6 Å². The predicted molar refractivity (Wildman–Crippen MR) is 99.2 cm³/mol. The van der Waals surface area contributed by atoms with Gasteiger partial charge in [0.2, 0.25) is 11.8 Å². The minimum atomic E-state index is -0.191. The number of aliphatic hydroxyl groups is 1. The zero-order chi connectivity index (χ0) is 18.2. The molecule has 3 atom stereocenters. The molecule has 1 saturated carbocycles. The van der Waals surface area contributed by atoms with Gasteiger partial charge < -0.3 is 15.7 Å². The van der Waals surface area contributed by atoms with Crippen LogP contribution in [0.2, 0.25) is 0 Å². The summed E-state index contributed by atoms with van der Waals surface area (Å²) < 4.78 is 0. The van der Waals surface area contributed by atoms with E-state index in [1.165, 1.54) is 6.42 Å². The maximum absolute atomic E-state index is 12.4. The molecule has 0 radical (unpaired) electrons. The minimum Gasteiger partial charge on any atom is -0.394 e. The zero-order valence-electron chi connectivity index (χ0n) is 15.3. The quantitative estimate of drug-likeness (QED) is 0.710. The molecule has 0 heterocycles. The third kappa shape index (κ3) is 6.16. The van der Waals surface area contributed by atoms with Gasteiger partial charge in [-0.3, -0.25) is 9.59 Å². The monoisotopic (exact) mass is 346 g/mol. The Kier molecular flexibility index (Phi) is 7.44. The lowest BCUT2D eigenvalue weighted by Crippen LogP contribution is -2.37. The van der Waals surface area contributed by atoms with Gasteiger partial charge in [-0.1, -0.05) is 38.8 Å². The highest BCUT2D eigenvalue weighted by Crippen LogP contribution is 2.29. The van der Waals surface area contributed by atoms with Crippen LogP contribution in [0.3, 0.4) is 0 Å². The first-order valence-electron chi connectivity index (χ1n) is 9.31. The van der Waals surface area contributed by atoms with Crippen molar-refractivity contribution in [3.8, 4) is 0 Å². The van der Waals surface area contributed by atoms with Crippen molar-refractivity contribution in [2.75, 3.05) is 11.9 Å². The highest BCUT2D eigenvalue weighted by atomic mass is 16.3. The topological polar surface area (TPSA) is 78.4 Å². The molecule has 0 spiro atoms. The zero-order valence-corrected chi connectivity index (χ0v) is 15.3. The van der Waals surface area contributed by atoms with Crippen LogP contribution in [0.25, 0.3) is 0 Å². The summed E-state index contributed by atoms with van der Waals surface area (Å²) in [6.45, 7) is 4.08. The van der Waals surface area contributed by atoms with Crippen molar-refractivity contribution in [2.45, 2.75) is 58.4 Å². The number of amides is 2. The van der Waals surface area contributed by atoms with Gasteiger partial charge in [-0.25, -0.2) is 0 Å². The molecule has 25 heavy (non-hydrogen) atoms. The van der Waals surface area contributed by atoms with E-state index in [1.807, 2.05) is 31.2 Å². The van der Waals surface area contributed by atoms with Gasteiger partial charge in [0.25, 0.3) is 0 Å². The number of anilines is 1. The predicted octanol–water partition coefficient (Wildman–Crippen LogP) is 2.88. The fraction of sp³-hybridized carbons (Fsp3) is 0.600. The van der Waals surface area contributed by atoms with Crippen LogP contribution in [-0.2, 0) is 16.0 Å². The number of aliphatic hydroxyl groups excluding tert-OH is 1. The molecule has 0 aliphatic heterocycles. The molecule has 1 aromatic carbocycles. The molecule has 1 aliphatic carbocycles. The molecule has 5 nitrogen and oxygen atoms in total. The molecule has 138 valence electrons. The molecule has 3 unspecified atom stereocenters. The Morgan fingerprint density at radius 1 is 1.24 bits per heavy atom. The first-order valence-corrected chi connectivity index (χ1v) is 9.31. The summed E-state index contributed by atoms with van der Waals surface area (Å²) in [5.74, 6) is 0.731. The standard InChI is InChI=1S/C20H30N2O3/c1-3-17(13-23)21-19(24)12-15-7-9-18(10-8-15)22-20(25)16-6-4-5-14(2)11-16/h7-10,14,16-17,23H,3-6,11-13H2,1-2H3,(H,21,24)(H,22,25). The summed E-state index contributed by atoms with van der Waals surface area (Å²) in [4.78, 5) is 24.3. The molecule has 2 amide bonds. The van der Waals surface area contributed by atoms with Gasteiger partial charge in [0.05, 0.1) is 19.1 Å². The van der Waals surface area contributed by atoms with Crippen LogP contribution in [0.4, 0.5) is 5.69 Å². The second-order valence-electron chi connectivity index (χ2n) is 7.19. The Hall–Kier alpha value is -1.88. The number of benzene rings is 1. The summed E-state index contributed by atoms with van der Waals surface area (Å²) in [6.07, 6.45) is 5.25. The molecule has 1 fully saturated rings. The first kappa shape index (κ1) is 19.4. The van der Waals surface area contributed by atoms with Crippen LogP contribution in [-0.4, -0.2) is 29.6 Å². The number of hydrogen-bond acceptors (Lipinski definition) is 3. The maximum Gasteiger partial charge on any atom is 0.227 e. The van der Waals surface area contributed by atoms with Gasteiger partial charge in [-0.2, -0.15) is 0 Å². The Balaban J connectivity index is 1.85. The number of hydrogen-bond donors (Lipinski definition) is 3. The largest absolute Gasteiger partial charge is 0.394 e. The number of carbonyl (C=O) groups is 2. The van der Waals surface area contributed by atoms with E-state index in [1.54, 1.807) is 0 Å². The summed E-state index contributed by atoms with van der Waals surface area (Å²) in [7, 11) is 0. The highest BCUT2D eigenvalue weighted by molar-refractivity contribution is 5.92. The lowest BCUT2D eigenvalue weighted by Gasteiger charge is -2.25. The molecule has 2 rings (SSSR count). The first-order chi connectivity index (χ1) is 12.0. The lowest BCUT2D eigenvalue weighted by atomic mass is 9.82. The number of carbonyl (C=O) groups excluding carboxylic acids is 2. The maximum atomic E-state index is 12.4. The third-order valence-corrected chi connectivity index (χ3v) is 4.97. The van der Waals surface area contributed by atoms with Crippen LogP contribution in [0.1, 0.15) is 51.5 Å². The van der Waals surface area contributed by atoms with E-state index >= 15 is 0 Å². The van der Waals surface area contributed by atoms with E-state index in [0.29, 0.717) is 12.3 Å². The van der Waals surface area contributed by atoms with E-state index in [9.17, 15) is 9.59 Å². The SMILES string of the molecule is CCC(CO)NC(=O)Cc1ccc(NC(=O)C2CCCC(C)C2)cc1. The van der Waals surface area contributed by atoms with Crippen LogP contribution >= 0.6 is 0 Å². The number of rotatable bonds is 7. The Labute approximate surface area is 150 Å². The fourth-order valence-electron chi connectivity index (χ4n) is 3.36. The van der Waals surface area contributed by atoms with Crippen LogP contribution in [0, 0.1) is 11.8 Å². The lowest BCUT2D eigenvalue weighted by molar-refractivity contribution is -0.122. The van der Waals surface area contributed by atoms with Crippen molar-refractivity contribution in [3.63, 3.8) is 0 Å². The van der Waals surface area contributed by atoms with Crippen molar-refractivity contribution >= 4 is 17.5 Å². The van der Waals surface area contributed by atoms with E-state index in [-0.39, 0.29) is 36.8 Å². The Morgan fingerprint density at radius 3 is 2.56 bits per heavy atom. The minimum absolute atomic E-state index is 0.0486. The van der Waals surface area contributed by atoms with Gasteiger partial charge >= 0.3 is 0 Å². The normalized spacial score (nSPS) is 21.4. The molecule has 0 saturated heterocycles. The molecule has 1 aromatic rings. The molecule has 3 N–H and O–H groups in total. The molecular formula is C20H30N2O3. The van der Waals surface area contributed by atoms with Gasteiger partial charge in [-0.15, -0.1) is 0 Å². The summed E-state index contributed by atoms with van der Waals surface area (Å²) in [5, 5.41) is 14.9. The van der Waals surface area contributed by atoms with Crippen molar-refractivity contribution in [2.24, 2.45) is 11.8 Å². The van der Waals surface area contributed by atoms with Gasteiger partial charge in [0.1, 0.15) is 0 Å². The Bertz CT molecular complexity index is 567. The summed E-state index contributed by atoms with van der Waals surface area (Å²) in [6, 6.07) is 7.22. The van der Waals surface area contributed by atoms with Crippen LogP contribution in [0.5, 0.6) is 0 Å². The van der Waals surface area contributed by atoms with Crippen molar-refractivity contribution in [1.82, 2.24) is 5.32 Å². The van der Waals surface area contributed by atoms with Gasteiger partial charge in [0.15, 0.2) is 0 Å². The van der Waals surface area contributed by atoms with Crippen LogP contribution in [0.15, 0.2) is 24.3 Å².